The molecule has 100 valence electrons. The largest absolute Gasteiger partial charge is 0.245 e. The second kappa shape index (κ2) is 5.69. The molecule has 2 aromatic carbocycles. The Bertz CT molecular complexity index is 813. The summed E-state index contributed by atoms with van der Waals surface area (Å²) in [6.07, 6.45) is 0. The summed E-state index contributed by atoms with van der Waals surface area (Å²) < 4.78 is 2.55. The van der Waals surface area contributed by atoms with E-state index in [-0.39, 0.29) is 0 Å². The molecular weight excluding hydrogens is 284 g/mol. The van der Waals surface area contributed by atoms with Gasteiger partial charge >= 0.3 is 0 Å². The maximum atomic E-state index is 4.33. The van der Waals surface area contributed by atoms with E-state index in [2.05, 4.69) is 41.2 Å². The summed E-state index contributed by atoms with van der Waals surface area (Å²) in [5.74, 6) is 0. The lowest BCUT2D eigenvalue weighted by Gasteiger charge is -1.88. The Balaban J connectivity index is 0.000000121. The number of benzene rings is 2. The van der Waals surface area contributed by atoms with E-state index >= 15 is 0 Å². The zero-order valence-corrected chi connectivity index (χ0v) is 13.0. The van der Waals surface area contributed by atoms with Crippen LogP contribution in [-0.2, 0) is 0 Å². The molecule has 0 spiro atoms. The number of aromatic nitrogens is 2. The van der Waals surface area contributed by atoms with Crippen LogP contribution in [0.5, 0.6) is 0 Å². The lowest BCUT2D eigenvalue weighted by Crippen LogP contribution is -1.69. The first kappa shape index (κ1) is 13.2. The van der Waals surface area contributed by atoms with Crippen molar-refractivity contribution in [1.82, 2.24) is 9.97 Å². The zero-order chi connectivity index (χ0) is 13.9. The average Bonchev–Trinajstić information content (AvgIpc) is 3.03. The Hall–Kier alpha value is -1.78. The minimum atomic E-state index is 1.12. The molecule has 0 aliphatic rings. The molecule has 4 heteroatoms. The van der Waals surface area contributed by atoms with E-state index in [1.54, 1.807) is 22.7 Å². The Morgan fingerprint density at radius 2 is 1.75 bits per heavy atom. The molecule has 0 radical (unpaired) electrons. The summed E-state index contributed by atoms with van der Waals surface area (Å²) in [4.78, 5) is 8.53. The molecule has 0 unspecified atom stereocenters. The normalized spacial score (nSPS) is 10.5. The van der Waals surface area contributed by atoms with Crippen molar-refractivity contribution < 1.29 is 0 Å². The highest BCUT2D eigenvalue weighted by molar-refractivity contribution is 7.18. The number of rotatable bonds is 0. The monoisotopic (exact) mass is 298 g/mol. The predicted molar refractivity (Wildman–Crippen MR) is 88.7 cm³/mol. The van der Waals surface area contributed by atoms with E-state index in [9.17, 15) is 0 Å². The fraction of sp³-hybridized carbons (Fsp3) is 0.125. The second-order valence-corrected chi connectivity index (χ2v) is 6.65. The van der Waals surface area contributed by atoms with E-state index in [4.69, 9.17) is 0 Å². The van der Waals surface area contributed by atoms with Crippen molar-refractivity contribution in [3.8, 4) is 0 Å². The Morgan fingerprint density at radius 1 is 0.900 bits per heavy atom. The topological polar surface area (TPSA) is 25.8 Å². The Labute approximate surface area is 125 Å². The molecule has 0 atom stereocenters. The van der Waals surface area contributed by atoms with Gasteiger partial charge in [-0.25, -0.2) is 9.97 Å². The quantitative estimate of drug-likeness (QED) is 0.445. The van der Waals surface area contributed by atoms with Crippen LogP contribution in [0.4, 0.5) is 0 Å². The molecule has 4 rings (SSSR count). The molecule has 20 heavy (non-hydrogen) atoms. The van der Waals surface area contributed by atoms with Gasteiger partial charge in [-0.3, -0.25) is 0 Å². The summed E-state index contributed by atoms with van der Waals surface area (Å²) in [5.41, 5.74) is 5.39. The van der Waals surface area contributed by atoms with Gasteiger partial charge in [-0.15, -0.1) is 22.7 Å². The maximum Gasteiger partial charge on any atom is 0.0907 e. The van der Waals surface area contributed by atoms with Gasteiger partial charge in [0, 0.05) is 0 Å². The number of thiazole rings is 2. The first-order chi connectivity index (χ1) is 9.72. The number of aryl methyl sites for hydroxylation is 2. The molecule has 2 nitrogen and oxygen atoms in total. The van der Waals surface area contributed by atoms with Gasteiger partial charge in [-0.2, -0.15) is 0 Å². The van der Waals surface area contributed by atoms with Crippen molar-refractivity contribution in [2.45, 2.75) is 13.8 Å². The van der Waals surface area contributed by atoms with Crippen LogP contribution in [-0.4, -0.2) is 9.97 Å². The standard InChI is InChI=1S/2C8H7NS/c1-6-2-3-8-7(4-6)9-5-10-8;1-6-9-7-4-2-3-5-8(7)10-6/h2*2-5H,1H3. The van der Waals surface area contributed by atoms with E-state index < -0.39 is 0 Å². The zero-order valence-electron chi connectivity index (χ0n) is 11.3. The lowest BCUT2D eigenvalue weighted by molar-refractivity contribution is 1.35. The number of para-hydroxylation sites is 1. The fourth-order valence-corrected chi connectivity index (χ4v) is 3.44. The first-order valence-electron chi connectivity index (χ1n) is 6.34. The molecule has 4 aromatic rings. The van der Waals surface area contributed by atoms with E-state index in [1.165, 1.54) is 15.0 Å². The van der Waals surface area contributed by atoms with E-state index in [0.29, 0.717) is 0 Å². The molecule has 0 amide bonds. The van der Waals surface area contributed by atoms with Gasteiger partial charge in [0.05, 0.1) is 31.0 Å². The predicted octanol–water partition coefficient (Wildman–Crippen LogP) is 5.21. The highest BCUT2D eigenvalue weighted by Crippen LogP contribution is 2.20. The third kappa shape index (κ3) is 2.86. The lowest BCUT2D eigenvalue weighted by atomic mass is 10.2. The van der Waals surface area contributed by atoms with Crippen molar-refractivity contribution in [1.29, 1.82) is 0 Å². The highest BCUT2D eigenvalue weighted by Gasteiger charge is 1.95. The SMILES string of the molecule is Cc1ccc2scnc2c1.Cc1nc2ccccc2s1. The van der Waals surface area contributed by atoms with Crippen molar-refractivity contribution >= 4 is 43.1 Å². The molecule has 0 saturated carbocycles. The molecule has 0 saturated heterocycles. The van der Waals surface area contributed by atoms with Crippen LogP contribution in [0.15, 0.2) is 48.0 Å². The van der Waals surface area contributed by atoms with Gasteiger partial charge in [-0.05, 0) is 43.7 Å². The molecule has 2 heterocycles. The van der Waals surface area contributed by atoms with Gasteiger partial charge in [0.15, 0.2) is 0 Å². The summed E-state index contributed by atoms with van der Waals surface area (Å²) in [5, 5.41) is 1.14. The molecule has 0 aliphatic heterocycles. The van der Waals surface area contributed by atoms with Crippen LogP contribution >= 0.6 is 22.7 Å². The third-order valence-corrected chi connectivity index (χ3v) is 4.65. The first-order valence-corrected chi connectivity index (χ1v) is 8.04. The maximum absolute atomic E-state index is 4.33. The fourth-order valence-electron chi connectivity index (χ4n) is 1.96. The number of nitrogens with zero attached hydrogens (tertiary/aromatic N) is 2. The van der Waals surface area contributed by atoms with Crippen LogP contribution < -0.4 is 0 Å². The number of hydrogen-bond acceptors (Lipinski definition) is 4. The van der Waals surface area contributed by atoms with Crippen LogP contribution in [0, 0.1) is 13.8 Å². The summed E-state index contributed by atoms with van der Waals surface area (Å²) in [7, 11) is 0. The van der Waals surface area contributed by atoms with Crippen LogP contribution in [0.3, 0.4) is 0 Å². The van der Waals surface area contributed by atoms with Gasteiger partial charge < -0.3 is 0 Å². The molecular formula is C16H14N2S2. The number of fused-ring (bicyclic) bond motifs is 2. The molecule has 0 bridgehead atoms. The third-order valence-electron chi connectivity index (χ3n) is 2.89. The summed E-state index contributed by atoms with van der Waals surface area (Å²) >= 11 is 3.43. The number of hydrogen-bond donors (Lipinski definition) is 0. The van der Waals surface area contributed by atoms with Gasteiger partial charge in [0.25, 0.3) is 0 Å². The average molecular weight is 298 g/mol. The van der Waals surface area contributed by atoms with Crippen molar-refractivity contribution in [3.05, 3.63) is 58.5 Å². The van der Waals surface area contributed by atoms with E-state index in [1.807, 2.05) is 30.6 Å². The van der Waals surface area contributed by atoms with E-state index in [0.717, 1.165) is 16.0 Å². The molecule has 0 N–H and O–H groups in total. The summed E-state index contributed by atoms with van der Waals surface area (Å²) in [6.45, 7) is 4.11. The van der Waals surface area contributed by atoms with Gasteiger partial charge in [-0.1, -0.05) is 18.2 Å². The minimum Gasteiger partial charge on any atom is -0.245 e. The molecule has 2 aromatic heterocycles. The van der Waals surface area contributed by atoms with Crippen molar-refractivity contribution in [3.63, 3.8) is 0 Å². The van der Waals surface area contributed by atoms with Crippen LogP contribution in [0.2, 0.25) is 0 Å². The van der Waals surface area contributed by atoms with Crippen LogP contribution in [0.1, 0.15) is 10.6 Å². The van der Waals surface area contributed by atoms with Crippen LogP contribution in [0.25, 0.3) is 20.4 Å². The highest BCUT2D eigenvalue weighted by atomic mass is 32.1. The molecule has 0 fully saturated rings. The smallest absolute Gasteiger partial charge is 0.0907 e. The van der Waals surface area contributed by atoms with Crippen molar-refractivity contribution in [2.75, 3.05) is 0 Å². The summed E-state index contributed by atoms with van der Waals surface area (Å²) in [6, 6.07) is 14.5. The van der Waals surface area contributed by atoms with Gasteiger partial charge in [0.2, 0.25) is 0 Å². The Kier molecular flexibility index (Phi) is 3.76. The van der Waals surface area contributed by atoms with Crippen molar-refractivity contribution in [2.24, 2.45) is 0 Å². The molecule has 0 aliphatic carbocycles. The Morgan fingerprint density at radius 3 is 2.60 bits per heavy atom. The minimum absolute atomic E-state index is 1.12. The van der Waals surface area contributed by atoms with Gasteiger partial charge in [0.1, 0.15) is 0 Å². The second-order valence-electron chi connectivity index (χ2n) is 4.52.